The van der Waals surface area contributed by atoms with Crippen LogP contribution >= 0.6 is 0 Å². The molecule has 0 atom stereocenters. The number of hydrogen-bond acceptors (Lipinski definition) is 3. The smallest absolute Gasteiger partial charge is 0.386 e. The summed E-state index contributed by atoms with van der Waals surface area (Å²) >= 11 is 0. The molecule has 7 heteroatoms. The predicted molar refractivity (Wildman–Crippen MR) is 50.2 cm³/mol. The average Bonchev–Trinajstić information content (AvgIpc) is 2.04. The Morgan fingerprint density at radius 3 is 2.31 bits per heavy atom. The van der Waals surface area contributed by atoms with Crippen molar-refractivity contribution in [3.05, 3.63) is 22.0 Å². The van der Waals surface area contributed by atoms with Crippen LogP contribution in [0.2, 0.25) is 0 Å². The molecule has 0 saturated heterocycles. The summed E-state index contributed by atoms with van der Waals surface area (Å²) < 4.78 is 39.4. The second-order valence-corrected chi connectivity index (χ2v) is 4.25. The Bertz CT molecular complexity index is 432. The number of aromatic amines is 1. The predicted octanol–water partition coefficient (Wildman–Crippen LogP) is 1.97. The largest absolute Gasteiger partial charge is 0.574 e. The molecule has 0 aliphatic rings. The van der Waals surface area contributed by atoms with Gasteiger partial charge in [-0.1, -0.05) is 20.8 Å². The topological polar surface area (TPSA) is 55.0 Å². The van der Waals surface area contributed by atoms with Crippen molar-refractivity contribution in [1.29, 1.82) is 0 Å². The van der Waals surface area contributed by atoms with E-state index in [4.69, 9.17) is 0 Å². The summed E-state index contributed by atoms with van der Waals surface area (Å²) in [4.78, 5) is 11.3. The van der Waals surface area contributed by atoms with E-state index in [0.717, 1.165) is 6.07 Å². The first-order valence-corrected chi connectivity index (χ1v) is 4.45. The second-order valence-electron chi connectivity index (χ2n) is 4.25. The maximum absolute atomic E-state index is 11.9. The van der Waals surface area contributed by atoms with Gasteiger partial charge in [-0.15, -0.1) is 18.3 Å². The molecule has 0 radical (unpaired) electrons. The quantitative estimate of drug-likeness (QED) is 0.810. The molecule has 1 aromatic rings. The highest BCUT2D eigenvalue weighted by molar-refractivity contribution is 5.23. The van der Waals surface area contributed by atoms with E-state index in [1.807, 2.05) is 5.10 Å². The summed E-state index contributed by atoms with van der Waals surface area (Å²) in [6.07, 6.45) is -4.82. The third kappa shape index (κ3) is 3.25. The summed E-state index contributed by atoms with van der Waals surface area (Å²) in [5.74, 6) is -0.669. The number of aromatic nitrogens is 2. The molecule has 0 aliphatic heterocycles. The Balaban J connectivity index is 3.14. The molecule has 0 bridgehead atoms. The van der Waals surface area contributed by atoms with E-state index >= 15 is 0 Å². The van der Waals surface area contributed by atoms with Gasteiger partial charge in [0.2, 0.25) is 5.88 Å². The van der Waals surface area contributed by atoms with E-state index in [-0.39, 0.29) is 5.56 Å². The van der Waals surface area contributed by atoms with Crippen LogP contribution in [0.3, 0.4) is 0 Å². The Labute approximate surface area is 89.4 Å². The summed E-state index contributed by atoms with van der Waals surface area (Å²) in [5, 5.41) is 5.13. The van der Waals surface area contributed by atoms with Crippen molar-refractivity contribution in [2.24, 2.45) is 0 Å². The number of halogens is 3. The normalized spacial score (nSPS) is 12.6. The Hall–Kier alpha value is -1.53. The molecule has 16 heavy (non-hydrogen) atoms. The third-order valence-electron chi connectivity index (χ3n) is 1.81. The van der Waals surface area contributed by atoms with E-state index < -0.39 is 23.2 Å². The van der Waals surface area contributed by atoms with Crippen molar-refractivity contribution in [3.63, 3.8) is 0 Å². The number of ether oxygens (including phenoxy) is 1. The standard InChI is InChI=1S/C9H11F3N2O2/c1-8(2,3)5-4-6(13-14-7(5)15)16-9(10,11)12/h4H,1-3H3,(H,14,15). The van der Waals surface area contributed by atoms with Crippen LogP contribution in [0.15, 0.2) is 10.9 Å². The number of alkyl halides is 3. The van der Waals surface area contributed by atoms with Gasteiger partial charge in [-0.2, -0.15) is 0 Å². The van der Waals surface area contributed by atoms with Gasteiger partial charge in [-0.05, 0) is 5.41 Å². The van der Waals surface area contributed by atoms with Crippen molar-refractivity contribution in [1.82, 2.24) is 10.2 Å². The molecule has 1 rings (SSSR count). The zero-order valence-corrected chi connectivity index (χ0v) is 8.97. The first kappa shape index (κ1) is 12.5. The molecule has 1 N–H and O–H groups in total. The van der Waals surface area contributed by atoms with Crippen LogP contribution in [0.1, 0.15) is 26.3 Å². The van der Waals surface area contributed by atoms with Crippen molar-refractivity contribution < 1.29 is 17.9 Å². The lowest BCUT2D eigenvalue weighted by Gasteiger charge is -2.18. The third-order valence-corrected chi connectivity index (χ3v) is 1.81. The maximum Gasteiger partial charge on any atom is 0.574 e. The van der Waals surface area contributed by atoms with Crippen LogP contribution in [0.25, 0.3) is 0 Å². The lowest BCUT2D eigenvalue weighted by Crippen LogP contribution is -2.27. The highest BCUT2D eigenvalue weighted by Gasteiger charge is 2.32. The zero-order chi connectivity index (χ0) is 12.6. The van der Waals surface area contributed by atoms with Crippen LogP contribution in [0.5, 0.6) is 5.88 Å². The van der Waals surface area contributed by atoms with Crippen molar-refractivity contribution in [3.8, 4) is 5.88 Å². The van der Waals surface area contributed by atoms with Crippen LogP contribution in [0, 0.1) is 0 Å². The Kier molecular flexibility index (Phi) is 2.98. The van der Waals surface area contributed by atoms with Gasteiger partial charge >= 0.3 is 6.36 Å². The molecule has 0 fully saturated rings. The molecule has 0 spiro atoms. The second kappa shape index (κ2) is 3.80. The van der Waals surface area contributed by atoms with Crippen LogP contribution in [-0.2, 0) is 5.41 Å². The number of H-pyrrole nitrogens is 1. The molecule has 1 aromatic heterocycles. The molecular formula is C9H11F3N2O2. The number of nitrogens with zero attached hydrogens (tertiary/aromatic N) is 1. The van der Waals surface area contributed by atoms with E-state index in [2.05, 4.69) is 9.84 Å². The molecule has 4 nitrogen and oxygen atoms in total. The molecular weight excluding hydrogens is 225 g/mol. The van der Waals surface area contributed by atoms with Crippen molar-refractivity contribution >= 4 is 0 Å². The van der Waals surface area contributed by atoms with Gasteiger partial charge in [0, 0.05) is 11.6 Å². The van der Waals surface area contributed by atoms with Crippen molar-refractivity contribution in [2.75, 3.05) is 0 Å². The van der Waals surface area contributed by atoms with Gasteiger partial charge in [0.05, 0.1) is 0 Å². The van der Waals surface area contributed by atoms with Crippen LogP contribution in [-0.4, -0.2) is 16.6 Å². The van der Waals surface area contributed by atoms with Gasteiger partial charge in [0.15, 0.2) is 0 Å². The summed E-state index contributed by atoms with van der Waals surface area (Å²) in [5.41, 5.74) is -0.927. The summed E-state index contributed by atoms with van der Waals surface area (Å²) in [6.45, 7) is 5.11. The maximum atomic E-state index is 11.9. The van der Waals surface area contributed by atoms with Gasteiger partial charge < -0.3 is 4.74 Å². The highest BCUT2D eigenvalue weighted by Crippen LogP contribution is 2.24. The number of hydrogen-bond donors (Lipinski definition) is 1. The molecule has 0 aromatic carbocycles. The fourth-order valence-corrected chi connectivity index (χ4v) is 1.12. The molecule has 0 amide bonds. The van der Waals surface area contributed by atoms with E-state index in [9.17, 15) is 18.0 Å². The molecule has 90 valence electrons. The zero-order valence-electron chi connectivity index (χ0n) is 8.97. The Morgan fingerprint density at radius 1 is 1.31 bits per heavy atom. The van der Waals surface area contributed by atoms with Gasteiger partial charge in [-0.3, -0.25) is 4.79 Å². The van der Waals surface area contributed by atoms with E-state index in [1.165, 1.54) is 0 Å². The SMILES string of the molecule is CC(C)(C)c1cc(OC(F)(F)F)n[nH]c1=O. The first-order chi connectivity index (χ1) is 7.09. The van der Waals surface area contributed by atoms with Crippen LogP contribution in [0.4, 0.5) is 13.2 Å². The monoisotopic (exact) mass is 236 g/mol. The average molecular weight is 236 g/mol. The molecule has 0 saturated carbocycles. The minimum atomic E-state index is -4.82. The fourth-order valence-electron chi connectivity index (χ4n) is 1.12. The Morgan fingerprint density at radius 2 is 1.88 bits per heavy atom. The van der Waals surface area contributed by atoms with E-state index in [0.29, 0.717) is 0 Å². The molecule has 0 unspecified atom stereocenters. The van der Waals surface area contributed by atoms with Gasteiger partial charge in [0.1, 0.15) is 0 Å². The molecule has 0 aliphatic carbocycles. The fraction of sp³-hybridized carbons (Fsp3) is 0.556. The number of rotatable bonds is 1. The van der Waals surface area contributed by atoms with Gasteiger partial charge in [-0.25, -0.2) is 5.10 Å². The van der Waals surface area contributed by atoms with Crippen LogP contribution < -0.4 is 10.3 Å². The molecule has 1 heterocycles. The minimum Gasteiger partial charge on any atom is -0.386 e. The van der Waals surface area contributed by atoms with E-state index in [1.54, 1.807) is 20.8 Å². The van der Waals surface area contributed by atoms with Crippen molar-refractivity contribution in [2.45, 2.75) is 32.5 Å². The lowest BCUT2D eigenvalue weighted by atomic mass is 9.88. The minimum absolute atomic E-state index is 0.182. The number of nitrogens with one attached hydrogen (secondary N) is 1. The first-order valence-electron chi connectivity index (χ1n) is 4.45. The summed E-state index contributed by atoms with van der Waals surface area (Å²) in [7, 11) is 0. The lowest BCUT2D eigenvalue weighted by molar-refractivity contribution is -0.276. The van der Waals surface area contributed by atoms with Gasteiger partial charge in [0.25, 0.3) is 5.56 Å². The highest BCUT2D eigenvalue weighted by atomic mass is 19.4. The summed E-state index contributed by atoms with van der Waals surface area (Å²) in [6, 6.07) is 0.992.